The summed E-state index contributed by atoms with van der Waals surface area (Å²) < 4.78 is 0. The SMILES string of the molecule is CCC(=O)C(C)NC(=O)C1Cc2ccc(O)c(c2)-c2cc(ccc2O)C(N(C)C(=O)C(CCCCN)NC(=O)c2ccc(-c3ccc(Cl)cc3)cc2)C(=O)NC(C)C(=O)N1. The van der Waals surface area contributed by atoms with Crippen molar-refractivity contribution in [1.82, 2.24) is 26.2 Å². The molecule has 5 atom stereocenters. The Morgan fingerprint density at radius 2 is 1.47 bits per heavy atom. The summed E-state index contributed by atoms with van der Waals surface area (Å²) in [5.74, 6) is -3.98. The molecule has 0 aliphatic carbocycles. The third-order valence-corrected chi connectivity index (χ3v) is 10.8. The number of nitrogens with zero attached hydrogens (tertiary/aromatic N) is 1. The van der Waals surface area contributed by atoms with Gasteiger partial charge in [-0.25, -0.2) is 0 Å². The first-order valence-corrected chi connectivity index (χ1v) is 20.2. The van der Waals surface area contributed by atoms with Crippen LogP contribution in [-0.2, 0) is 30.4 Å². The highest BCUT2D eigenvalue weighted by molar-refractivity contribution is 6.30. The van der Waals surface area contributed by atoms with Gasteiger partial charge in [0.25, 0.3) is 5.91 Å². The molecule has 5 rings (SSSR count). The van der Waals surface area contributed by atoms with Crippen molar-refractivity contribution in [2.45, 2.75) is 83.1 Å². The van der Waals surface area contributed by atoms with Gasteiger partial charge in [-0.1, -0.05) is 54.9 Å². The zero-order valence-corrected chi connectivity index (χ0v) is 34.7. The minimum absolute atomic E-state index is 0.0668. The van der Waals surface area contributed by atoms with Crippen molar-refractivity contribution in [2.24, 2.45) is 5.73 Å². The molecule has 0 saturated heterocycles. The van der Waals surface area contributed by atoms with Crippen LogP contribution in [0.2, 0.25) is 5.02 Å². The molecular weight excluding hydrogens is 788 g/mol. The van der Waals surface area contributed by atoms with E-state index in [1.807, 2.05) is 12.1 Å². The molecule has 4 bridgehead atoms. The maximum Gasteiger partial charge on any atom is 0.251 e. The molecule has 1 aliphatic heterocycles. The third kappa shape index (κ3) is 10.9. The van der Waals surface area contributed by atoms with Crippen LogP contribution in [0.15, 0.2) is 84.9 Å². The van der Waals surface area contributed by atoms with E-state index in [0.29, 0.717) is 35.5 Å². The number of phenols is 2. The summed E-state index contributed by atoms with van der Waals surface area (Å²) in [7, 11) is 1.40. The zero-order valence-electron chi connectivity index (χ0n) is 34.0. The number of fused-ring (bicyclic) bond motifs is 5. The second kappa shape index (κ2) is 20.1. The summed E-state index contributed by atoms with van der Waals surface area (Å²) in [5, 5.41) is 33.6. The first kappa shape index (κ1) is 44.8. The predicted molar refractivity (Wildman–Crippen MR) is 228 cm³/mol. The molecule has 4 aromatic rings. The van der Waals surface area contributed by atoms with Crippen molar-refractivity contribution < 1.29 is 39.0 Å². The van der Waals surface area contributed by atoms with Crippen LogP contribution in [0.3, 0.4) is 0 Å². The fourth-order valence-corrected chi connectivity index (χ4v) is 7.16. The maximum absolute atomic E-state index is 14.5. The van der Waals surface area contributed by atoms with Crippen molar-refractivity contribution in [3.05, 3.63) is 107 Å². The third-order valence-electron chi connectivity index (χ3n) is 10.6. The first-order valence-electron chi connectivity index (χ1n) is 19.8. The van der Waals surface area contributed by atoms with E-state index in [1.54, 1.807) is 62.4 Å². The number of halogens is 1. The Bertz CT molecular complexity index is 2230. The number of benzene rings is 4. The molecule has 14 nitrogen and oxygen atoms in total. The van der Waals surface area contributed by atoms with E-state index in [4.69, 9.17) is 17.3 Å². The van der Waals surface area contributed by atoms with Crippen molar-refractivity contribution >= 4 is 46.9 Å². The second-order valence-corrected chi connectivity index (χ2v) is 15.4. The van der Waals surface area contributed by atoms with Crippen LogP contribution in [-0.4, -0.2) is 88.2 Å². The number of phenolic OH excluding ortho intramolecular Hbond substituents is 2. The topological polar surface area (TPSA) is 220 Å². The van der Waals surface area contributed by atoms with Crippen LogP contribution in [0.5, 0.6) is 11.5 Å². The average Bonchev–Trinajstić information content (AvgIpc) is 3.23. The Kier molecular flexibility index (Phi) is 15.1. The van der Waals surface area contributed by atoms with E-state index in [-0.39, 0.29) is 53.2 Å². The minimum Gasteiger partial charge on any atom is -0.507 e. The van der Waals surface area contributed by atoms with Crippen molar-refractivity contribution in [3.8, 4) is 33.8 Å². The number of likely N-dealkylation sites (N-methyl/N-ethyl adjacent to an activating group) is 1. The van der Waals surface area contributed by atoms with E-state index in [2.05, 4.69) is 21.3 Å². The predicted octanol–water partition coefficient (Wildman–Crippen LogP) is 4.54. The van der Waals surface area contributed by atoms with Crippen LogP contribution in [0.25, 0.3) is 22.3 Å². The highest BCUT2D eigenvalue weighted by atomic mass is 35.5. The summed E-state index contributed by atoms with van der Waals surface area (Å²) in [6.07, 6.45) is 1.35. The Morgan fingerprint density at radius 1 is 0.850 bits per heavy atom. The number of hydrogen-bond acceptors (Lipinski definition) is 9. The molecule has 1 heterocycles. The first-order chi connectivity index (χ1) is 28.6. The number of Topliss-reactive ketones (excluding diaryl/α,β-unsaturated/α-hetero) is 1. The Balaban J connectivity index is 1.49. The molecule has 5 unspecified atom stereocenters. The fraction of sp³-hybridized carbons (Fsp3) is 0.333. The van der Waals surface area contributed by atoms with Gasteiger partial charge < -0.3 is 42.1 Å². The van der Waals surface area contributed by atoms with Gasteiger partial charge in [0.1, 0.15) is 35.7 Å². The van der Waals surface area contributed by atoms with Gasteiger partial charge >= 0.3 is 0 Å². The van der Waals surface area contributed by atoms with Gasteiger partial charge in [-0.15, -0.1) is 0 Å². The van der Waals surface area contributed by atoms with Crippen LogP contribution in [0.4, 0.5) is 0 Å². The molecule has 1 aliphatic rings. The summed E-state index contributed by atoms with van der Waals surface area (Å²) >= 11 is 6.04. The van der Waals surface area contributed by atoms with Crippen LogP contribution in [0.1, 0.15) is 74.0 Å². The van der Waals surface area contributed by atoms with Gasteiger partial charge in [0.2, 0.25) is 23.6 Å². The normalized spacial score (nSPS) is 17.5. The number of unbranched alkanes of at least 4 members (excludes halogenated alkanes) is 1. The van der Waals surface area contributed by atoms with Gasteiger partial charge in [-0.3, -0.25) is 28.8 Å². The van der Waals surface area contributed by atoms with Crippen LogP contribution in [0, 0.1) is 0 Å². The van der Waals surface area contributed by atoms with Gasteiger partial charge in [-0.05, 0) is 110 Å². The second-order valence-electron chi connectivity index (χ2n) is 14.9. The number of amides is 5. The van der Waals surface area contributed by atoms with E-state index in [9.17, 15) is 39.0 Å². The molecule has 0 fully saturated rings. The molecule has 0 radical (unpaired) electrons. The number of nitrogens with two attached hydrogens (primary N) is 1. The maximum atomic E-state index is 14.5. The number of nitrogens with one attached hydrogen (secondary N) is 4. The quantitative estimate of drug-likeness (QED) is 0.0939. The van der Waals surface area contributed by atoms with E-state index >= 15 is 0 Å². The molecule has 4 aromatic carbocycles. The smallest absolute Gasteiger partial charge is 0.251 e. The summed E-state index contributed by atoms with van der Waals surface area (Å²) in [4.78, 5) is 83.2. The fourth-order valence-electron chi connectivity index (χ4n) is 7.04. The summed E-state index contributed by atoms with van der Waals surface area (Å²) in [5.41, 5.74) is 8.82. The molecule has 60 heavy (non-hydrogen) atoms. The number of rotatable bonds is 13. The Hall–Kier alpha value is -6.25. The van der Waals surface area contributed by atoms with E-state index in [1.165, 1.54) is 38.2 Å². The average molecular weight is 839 g/mol. The van der Waals surface area contributed by atoms with Gasteiger partial charge in [0.05, 0.1) is 6.04 Å². The molecule has 316 valence electrons. The molecule has 8 N–H and O–H groups in total. The van der Waals surface area contributed by atoms with Crippen molar-refractivity contribution in [2.75, 3.05) is 13.6 Å². The molecule has 0 aromatic heterocycles. The lowest BCUT2D eigenvalue weighted by molar-refractivity contribution is -0.141. The lowest BCUT2D eigenvalue weighted by Crippen LogP contribution is -2.56. The number of aromatic hydroxyl groups is 2. The highest BCUT2D eigenvalue weighted by Crippen LogP contribution is 2.39. The number of carbonyl (C=O) groups excluding carboxylic acids is 6. The molecular formula is C45H51ClN6O8. The van der Waals surface area contributed by atoms with Crippen LogP contribution < -0.4 is 27.0 Å². The Morgan fingerprint density at radius 3 is 2.10 bits per heavy atom. The van der Waals surface area contributed by atoms with Crippen molar-refractivity contribution in [1.29, 1.82) is 0 Å². The van der Waals surface area contributed by atoms with E-state index < -0.39 is 59.7 Å². The molecule has 0 saturated carbocycles. The zero-order chi connectivity index (χ0) is 43.7. The standard InChI is InChI=1S/C45H51ClN6O8/c1-5-37(53)25(2)48-43(58)36-23-27-9-19-38(54)33(22-27)34-24-31(16-20-39(34)55)40(44(59)49-26(3)41(56)51-36)52(4)45(60)35(8-6-7-21-47)50-42(57)30-12-10-28(11-13-30)29-14-17-32(46)18-15-29/h9-20,22,24-26,35-36,40,54-55H,5-8,21,23,47H2,1-4H3,(H,48,58)(H,49,59)(H,50,57)(H,51,56). The number of carbonyl (C=O) groups is 6. The van der Waals surface area contributed by atoms with Crippen LogP contribution >= 0.6 is 11.6 Å². The summed E-state index contributed by atoms with van der Waals surface area (Å²) in [6.45, 7) is 4.98. The molecule has 0 spiro atoms. The van der Waals surface area contributed by atoms with E-state index in [0.717, 1.165) is 16.0 Å². The number of hydrogen-bond donors (Lipinski definition) is 7. The van der Waals surface area contributed by atoms with Gasteiger partial charge in [0.15, 0.2) is 5.78 Å². The number of ketones is 1. The van der Waals surface area contributed by atoms with Gasteiger partial charge in [-0.2, -0.15) is 0 Å². The van der Waals surface area contributed by atoms with Crippen molar-refractivity contribution in [3.63, 3.8) is 0 Å². The molecule has 5 amide bonds. The Labute approximate surface area is 353 Å². The molecule has 15 heteroatoms. The monoisotopic (exact) mass is 838 g/mol. The van der Waals surface area contributed by atoms with Gasteiger partial charge in [0, 0.05) is 41.6 Å². The minimum atomic E-state index is -1.42. The lowest BCUT2D eigenvalue weighted by Gasteiger charge is -2.32. The summed E-state index contributed by atoms with van der Waals surface area (Å²) in [6, 6.07) is 17.0. The lowest BCUT2D eigenvalue weighted by atomic mass is 9.93. The highest BCUT2D eigenvalue weighted by Gasteiger charge is 2.36. The largest absolute Gasteiger partial charge is 0.507 e.